The largest absolute Gasteiger partial charge is 0.298 e. The summed E-state index contributed by atoms with van der Waals surface area (Å²) in [6, 6.07) is 3.12. The molecule has 1 aromatic rings. The van der Waals surface area contributed by atoms with Crippen LogP contribution in [0.2, 0.25) is 0 Å². The molecular weight excluding hydrogens is 239 g/mol. The number of nitrogens with zero attached hydrogens (tertiary/aromatic N) is 1. The van der Waals surface area contributed by atoms with Gasteiger partial charge in [0.25, 0.3) is 5.92 Å². The highest BCUT2D eigenvalue weighted by molar-refractivity contribution is 6.70. The quantitative estimate of drug-likeness (QED) is 0.663. The van der Waals surface area contributed by atoms with Crippen LogP contribution >= 0.6 is 11.6 Å². The molecule has 0 N–H and O–H groups in total. The Labute approximate surface area is 95.9 Å². The zero-order chi connectivity index (χ0) is 12.1. The molecule has 0 radical (unpaired) electrons. The third-order valence-electron chi connectivity index (χ3n) is 2.69. The van der Waals surface area contributed by atoms with E-state index in [1.807, 2.05) is 0 Å². The van der Waals surface area contributed by atoms with Crippen LogP contribution in [0.4, 0.5) is 13.2 Å². The average molecular weight is 248 g/mol. The van der Waals surface area contributed by atoms with Crippen LogP contribution in [-0.2, 0) is 5.92 Å². The molecule has 86 valence electrons. The van der Waals surface area contributed by atoms with Gasteiger partial charge in [0.2, 0.25) is 0 Å². The standard InChI is InChI=1S/C11H9ClF3N/c1-10(2)11(14,15)8-5-6(13)3-4-7(8)9(12)16-10/h3-5H,1-2H3. The summed E-state index contributed by atoms with van der Waals surface area (Å²) in [6.07, 6.45) is 0. The van der Waals surface area contributed by atoms with Gasteiger partial charge in [-0.2, -0.15) is 8.78 Å². The lowest BCUT2D eigenvalue weighted by Crippen LogP contribution is -2.43. The highest BCUT2D eigenvalue weighted by Gasteiger charge is 2.52. The smallest absolute Gasteiger partial charge is 0.260 e. The Morgan fingerprint density at radius 2 is 1.88 bits per heavy atom. The Morgan fingerprint density at radius 3 is 2.50 bits per heavy atom. The molecule has 0 aromatic heterocycles. The second-order valence-electron chi connectivity index (χ2n) is 4.23. The fraction of sp³-hybridized carbons (Fsp3) is 0.364. The lowest BCUT2D eigenvalue weighted by atomic mass is 9.85. The van der Waals surface area contributed by atoms with Crippen molar-refractivity contribution in [1.82, 2.24) is 0 Å². The van der Waals surface area contributed by atoms with Crippen molar-refractivity contribution in [2.75, 3.05) is 0 Å². The van der Waals surface area contributed by atoms with E-state index in [4.69, 9.17) is 11.6 Å². The van der Waals surface area contributed by atoms with Crippen molar-refractivity contribution in [2.24, 2.45) is 4.99 Å². The molecule has 0 bridgehead atoms. The van der Waals surface area contributed by atoms with Gasteiger partial charge >= 0.3 is 0 Å². The van der Waals surface area contributed by atoms with Crippen molar-refractivity contribution in [2.45, 2.75) is 25.3 Å². The number of rotatable bonds is 0. The highest BCUT2D eigenvalue weighted by Crippen LogP contribution is 2.46. The topological polar surface area (TPSA) is 12.4 Å². The molecule has 1 aliphatic rings. The summed E-state index contributed by atoms with van der Waals surface area (Å²) in [4.78, 5) is 3.75. The Balaban J connectivity index is 2.75. The van der Waals surface area contributed by atoms with Gasteiger partial charge in [0.15, 0.2) is 0 Å². The molecule has 1 aliphatic heterocycles. The molecule has 0 aliphatic carbocycles. The summed E-state index contributed by atoms with van der Waals surface area (Å²) in [6.45, 7) is 2.53. The zero-order valence-corrected chi connectivity index (χ0v) is 9.45. The molecule has 0 saturated heterocycles. The average Bonchev–Trinajstić information content (AvgIpc) is 2.14. The first-order valence-electron chi connectivity index (χ1n) is 4.69. The summed E-state index contributed by atoms with van der Waals surface area (Å²) >= 11 is 5.81. The van der Waals surface area contributed by atoms with E-state index in [0.717, 1.165) is 12.1 Å². The molecular formula is C11H9ClF3N. The Hall–Kier alpha value is -1.03. The fourth-order valence-electron chi connectivity index (χ4n) is 1.66. The zero-order valence-electron chi connectivity index (χ0n) is 8.69. The van der Waals surface area contributed by atoms with Gasteiger partial charge in [0, 0.05) is 11.1 Å². The van der Waals surface area contributed by atoms with E-state index in [0.29, 0.717) is 0 Å². The molecule has 0 atom stereocenters. The predicted molar refractivity (Wildman–Crippen MR) is 56.8 cm³/mol. The summed E-state index contributed by atoms with van der Waals surface area (Å²) in [5, 5.41) is -0.00840. The van der Waals surface area contributed by atoms with Gasteiger partial charge in [-0.3, -0.25) is 4.99 Å². The Bertz CT molecular complexity index is 480. The lowest BCUT2D eigenvalue weighted by molar-refractivity contribution is -0.0682. The molecule has 1 heterocycles. The molecule has 5 heteroatoms. The van der Waals surface area contributed by atoms with E-state index in [2.05, 4.69) is 4.99 Å². The number of fused-ring (bicyclic) bond motifs is 1. The van der Waals surface area contributed by atoms with Crippen molar-refractivity contribution in [3.05, 3.63) is 35.1 Å². The normalized spacial score (nSPS) is 21.2. The van der Waals surface area contributed by atoms with E-state index >= 15 is 0 Å². The van der Waals surface area contributed by atoms with Gasteiger partial charge in [-0.25, -0.2) is 4.39 Å². The summed E-state index contributed by atoms with van der Waals surface area (Å²) in [7, 11) is 0. The molecule has 0 unspecified atom stereocenters. The molecule has 2 rings (SSSR count). The van der Waals surface area contributed by atoms with Crippen LogP contribution in [0.15, 0.2) is 23.2 Å². The van der Waals surface area contributed by atoms with E-state index in [1.54, 1.807) is 0 Å². The van der Waals surface area contributed by atoms with Gasteiger partial charge in [-0.1, -0.05) is 11.6 Å². The number of halogens is 4. The number of alkyl halides is 2. The van der Waals surface area contributed by atoms with Crippen LogP contribution in [0.5, 0.6) is 0 Å². The first kappa shape index (κ1) is 11.5. The number of aliphatic imine (C=N–C) groups is 1. The van der Waals surface area contributed by atoms with Gasteiger partial charge in [-0.15, -0.1) is 0 Å². The minimum atomic E-state index is -3.23. The molecule has 16 heavy (non-hydrogen) atoms. The van der Waals surface area contributed by atoms with Crippen LogP contribution in [0, 0.1) is 5.82 Å². The van der Waals surface area contributed by atoms with Gasteiger partial charge in [0.05, 0.1) is 0 Å². The number of benzene rings is 1. The molecule has 0 fully saturated rings. The lowest BCUT2D eigenvalue weighted by Gasteiger charge is -2.35. The molecule has 0 saturated carbocycles. The first-order chi connectivity index (χ1) is 7.25. The Morgan fingerprint density at radius 1 is 1.25 bits per heavy atom. The van der Waals surface area contributed by atoms with Crippen molar-refractivity contribution in [3.8, 4) is 0 Å². The molecule has 0 amide bonds. The number of hydrogen-bond donors (Lipinski definition) is 0. The van der Waals surface area contributed by atoms with Crippen molar-refractivity contribution >= 4 is 16.8 Å². The van der Waals surface area contributed by atoms with Crippen molar-refractivity contribution < 1.29 is 13.2 Å². The molecule has 0 spiro atoms. The van der Waals surface area contributed by atoms with Crippen LogP contribution < -0.4 is 0 Å². The van der Waals surface area contributed by atoms with E-state index in [1.165, 1.54) is 19.9 Å². The van der Waals surface area contributed by atoms with Crippen molar-refractivity contribution in [1.29, 1.82) is 0 Å². The van der Waals surface area contributed by atoms with Crippen LogP contribution in [-0.4, -0.2) is 10.7 Å². The van der Waals surface area contributed by atoms with Crippen LogP contribution in [0.3, 0.4) is 0 Å². The number of hydrogen-bond acceptors (Lipinski definition) is 1. The summed E-state index contributed by atoms with van der Waals surface area (Å²) in [5.41, 5.74) is -1.98. The van der Waals surface area contributed by atoms with E-state index in [9.17, 15) is 13.2 Å². The Kier molecular flexibility index (Phi) is 2.31. The summed E-state index contributed by atoms with van der Waals surface area (Å²) in [5.74, 6) is -3.94. The van der Waals surface area contributed by atoms with Crippen molar-refractivity contribution in [3.63, 3.8) is 0 Å². The minimum absolute atomic E-state index is 0.00840. The van der Waals surface area contributed by atoms with E-state index in [-0.39, 0.29) is 10.7 Å². The fourth-order valence-corrected chi connectivity index (χ4v) is 2.04. The monoisotopic (exact) mass is 247 g/mol. The first-order valence-corrected chi connectivity index (χ1v) is 5.07. The maximum Gasteiger partial charge on any atom is 0.298 e. The second-order valence-corrected chi connectivity index (χ2v) is 4.58. The minimum Gasteiger partial charge on any atom is -0.260 e. The van der Waals surface area contributed by atoms with Crippen LogP contribution in [0.25, 0.3) is 0 Å². The molecule has 1 nitrogen and oxygen atoms in total. The summed E-state index contributed by atoms with van der Waals surface area (Å²) < 4.78 is 41.0. The maximum atomic E-state index is 14.0. The van der Waals surface area contributed by atoms with Gasteiger partial charge in [0.1, 0.15) is 16.5 Å². The third kappa shape index (κ3) is 1.44. The van der Waals surface area contributed by atoms with Crippen LogP contribution in [0.1, 0.15) is 25.0 Å². The van der Waals surface area contributed by atoms with Gasteiger partial charge < -0.3 is 0 Å². The van der Waals surface area contributed by atoms with Gasteiger partial charge in [-0.05, 0) is 32.0 Å². The molecule has 1 aromatic carbocycles. The third-order valence-corrected chi connectivity index (χ3v) is 2.98. The highest BCUT2D eigenvalue weighted by atomic mass is 35.5. The maximum absolute atomic E-state index is 14.0. The second kappa shape index (κ2) is 3.23. The van der Waals surface area contributed by atoms with E-state index < -0.39 is 22.8 Å². The SMILES string of the molecule is CC1(C)N=C(Cl)c2ccc(F)cc2C1(F)F. The predicted octanol–water partition coefficient (Wildman–Crippen LogP) is 3.70.